The Morgan fingerprint density at radius 1 is 1.33 bits per heavy atom. The van der Waals surface area contributed by atoms with Crippen LogP contribution in [0, 0.1) is 5.82 Å². The number of aromatic nitrogens is 3. The fraction of sp³-hybridized carbons (Fsp3) is 0.214. The second-order valence-electron chi connectivity index (χ2n) is 4.97. The molecule has 0 radical (unpaired) electrons. The zero-order chi connectivity index (χ0) is 15.0. The summed E-state index contributed by atoms with van der Waals surface area (Å²) in [6, 6.07) is 5.94. The quantitative estimate of drug-likeness (QED) is 0.777. The number of carbonyl (C=O) groups is 1. The first kappa shape index (κ1) is 13.7. The molecule has 0 bridgehead atoms. The fourth-order valence-corrected chi connectivity index (χ4v) is 2.65. The zero-order valence-electron chi connectivity index (χ0n) is 11.5. The van der Waals surface area contributed by atoms with Crippen molar-refractivity contribution in [2.45, 2.75) is 19.8 Å². The molecule has 3 rings (SSSR count). The van der Waals surface area contributed by atoms with E-state index in [9.17, 15) is 9.18 Å². The molecule has 3 aromatic rings. The molecule has 7 heteroatoms. The first-order valence-corrected chi connectivity index (χ1v) is 7.27. The van der Waals surface area contributed by atoms with Gasteiger partial charge in [-0.1, -0.05) is 25.2 Å². The summed E-state index contributed by atoms with van der Waals surface area (Å²) < 4.78 is 13.1. The predicted molar refractivity (Wildman–Crippen MR) is 80.2 cm³/mol. The Bertz CT molecular complexity index is 808. The largest absolute Gasteiger partial charge is 0.351 e. The molecule has 0 unspecified atom stereocenters. The van der Waals surface area contributed by atoms with Gasteiger partial charge in [0.25, 0.3) is 5.91 Å². The molecule has 0 aliphatic heterocycles. The maximum absolute atomic E-state index is 13.1. The summed E-state index contributed by atoms with van der Waals surface area (Å²) in [5, 5.41) is 12.6. The molecule has 0 saturated carbocycles. The maximum atomic E-state index is 13.1. The van der Waals surface area contributed by atoms with Crippen LogP contribution in [0.2, 0.25) is 0 Å². The minimum atomic E-state index is -0.334. The van der Waals surface area contributed by atoms with Crippen molar-refractivity contribution in [3.8, 4) is 0 Å². The molecular weight excluding hydrogens is 291 g/mol. The summed E-state index contributed by atoms with van der Waals surface area (Å²) in [6.07, 6.45) is 0. The highest BCUT2D eigenvalue weighted by Crippen LogP contribution is 2.23. The van der Waals surface area contributed by atoms with Gasteiger partial charge in [0.05, 0.1) is 0 Å². The molecule has 21 heavy (non-hydrogen) atoms. The van der Waals surface area contributed by atoms with Gasteiger partial charge >= 0.3 is 0 Å². The summed E-state index contributed by atoms with van der Waals surface area (Å²) in [7, 11) is 0. The van der Waals surface area contributed by atoms with Crippen molar-refractivity contribution < 1.29 is 9.18 Å². The topological polar surface area (TPSA) is 70.7 Å². The molecule has 0 aliphatic rings. The highest BCUT2D eigenvalue weighted by Gasteiger charge is 2.14. The van der Waals surface area contributed by atoms with Crippen LogP contribution >= 0.6 is 11.3 Å². The third kappa shape index (κ3) is 2.78. The molecule has 2 aromatic heterocycles. The van der Waals surface area contributed by atoms with Crippen LogP contribution in [0.5, 0.6) is 0 Å². The van der Waals surface area contributed by atoms with E-state index in [1.807, 2.05) is 13.8 Å². The Morgan fingerprint density at radius 3 is 2.86 bits per heavy atom. The number of nitrogens with zero attached hydrogens (tertiary/aromatic N) is 2. The van der Waals surface area contributed by atoms with E-state index in [0.29, 0.717) is 21.7 Å². The van der Waals surface area contributed by atoms with Crippen molar-refractivity contribution in [2.24, 2.45) is 0 Å². The van der Waals surface area contributed by atoms with Gasteiger partial charge in [0.15, 0.2) is 0 Å². The monoisotopic (exact) mass is 304 g/mol. The summed E-state index contributed by atoms with van der Waals surface area (Å²) in [5.74, 6) is -0.388. The third-order valence-electron chi connectivity index (χ3n) is 2.98. The van der Waals surface area contributed by atoms with Crippen molar-refractivity contribution in [2.75, 3.05) is 5.32 Å². The third-order valence-corrected chi connectivity index (χ3v) is 4.12. The lowest BCUT2D eigenvalue weighted by molar-refractivity contribution is 0.102. The van der Waals surface area contributed by atoms with Crippen LogP contribution in [0.4, 0.5) is 9.52 Å². The van der Waals surface area contributed by atoms with Crippen LogP contribution < -0.4 is 5.32 Å². The van der Waals surface area contributed by atoms with Crippen molar-refractivity contribution in [3.05, 3.63) is 40.8 Å². The SMILES string of the molecule is CC(C)c1nnc(NC(=O)c2cc3cc(F)ccc3[nH]2)s1. The van der Waals surface area contributed by atoms with Gasteiger partial charge < -0.3 is 4.98 Å². The van der Waals surface area contributed by atoms with Gasteiger partial charge in [-0.15, -0.1) is 10.2 Å². The number of hydrogen-bond donors (Lipinski definition) is 2. The number of nitrogens with one attached hydrogen (secondary N) is 2. The van der Waals surface area contributed by atoms with Gasteiger partial charge in [-0.3, -0.25) is 10.1 Å². The van der Waals surface area contributed by atoms with E-state index >= 15 is 0 Å². The number of amides is 1. The highest BCUT2D eigenvalue weighted by atomic mass is 32.1. The summed E-state index contributed by atoms with van der Waals surface area (Å²) in [4.78, 5) is 15.1. The van der Waals surface area contributed by atoms with Crippen LogP contribution in [0.15, 0.2) is 24.3 Å². The number of aromatic amines is 1. The smallest absolute Gasteiger partial charge is 0.273 e. The van der Waals surface area contributed by atoms with Gasteiger partial charge in [-0.05, 0) is 24.3 Å². The van der Waals surface area contributed by atoms with Gasteiger partial charge in [0, 0.05) is 16.8 Å². The molecule has 0 atom stereocenters. The lowest BCUT2D eigenvalue weighted by Gasteiger charge is -1.97. The second-order valence-corrected chi connectivity index (χ2v) is 5.98. The Kier molecular flexibility index (Phi) is 3.42. The van der Waals surface area contributed by atoms with E-state index < -0.39 is 0 Å². The Morgan fingerprint density at radius 2 is 2.14 bits per heavy atom. The summed E-state index contributed by atoms with van der Waals surface area (Å²) in [5.41, 5.74) is 1.07. The van der Waals surface area contributed by atoms with Crippen molar-refractivity contribution in [1.29, 1.82) is 0 Å². The number of anilines is 1. The average Bonchev–Trinajstić information content (AvgIpc) is 3.04. The molecule has 2 heterocycles. The van der Waals surface area contributed by atoms with Crippen LogP contribution in [-0.4, -0.2) is 21.1 Å². The van der Waals surface area contributed by atoms with E-state index in [2.05, 4.69) is 20.5 Å². The summed E-state index contributed by atoms with van der Waals surface area (Å²) >= 11 is 1.35. The van der Waals surface area contributed by atoms with E-state index in [-0.39, 0.29) is 17.6 Å². The number of hydrogen-bond acceptors (Lipinski definition) is 4. The summed E-state index contributed by atoms with van der Waals surface area (Å²) in [6.45, 7) is 4.02. The van der Waals surface area contributed by atoms with Crippen LogP contribution in [-0.2, 0) is 0 Å². The van der Waals surface area contributed by atoms with Gasteiger partial charge in [-0.25, -0.2) is 4.39 Å². The van der Waals surface area contributed by atoms with Crippen LogP contribution in [0.3, 0.4) is 0 Å². The van der Waals surface area contributed by atoms with Gasteiger partial charge in [0.2, 0.25) is 5.13 Å². The lowest BCUT2D eigenvalue weighted by atomic mass is 10.2. The standard InChI is InChI=1S/C14H13FN4OS/c1-7(2)13-18-19-14(21-13)17-12(20)11-6-8-5-9(15)3-4-10(8)16-11/h3-7,16H,1-2H3,(H,17,19,20). The molecule has 0 fully saturated rings. The molecule has 1 amide bonds. The minimum absolute atomic E-state index is 0.268. The number of carbonyl (C=O) groups excluding carboxylic acids is 1. The predicted octanol–water partition coefficient (Wildman–Crippen LogP) is 3.53. The van der Waals surface area contributed by atoms with Crippen molar-refractivity contribution in [3.63, 3.8) is 0 Å². The Hall–Kier alpha value is -2.28. The van der Waals surface area contributed by atoms with Crippen LogP contribution in [0.1, 0.15) is 35.3 Å². The highest BCUT2D eigenvalue weighted by molar-refractivity contribution is 7.15. The molecule has 0 saturated heterocycles. The first-order chi connectivity index (χ1) is 10.0. The van der Waals surface area contributed by atoms with Gasteiger partial charge in [0.1, 0.15) is 16.5 Å². The number of halogens is 1. The Balaban J connectivity index is 1.82. The maximum Gasteiger partial charge on any atom is 0.273 e. The van der Waals surface area contributed by atoms with Crippen molar-refractivity contribution >= 4 is 33.3 Å². The van der Waals surface area contributed by atoms with E-state index in [1.54, 1.807) is 12.1 Å². The fourth-order valence-electron chi connectivity index (χ4n) is 1.91. The molecule has 5 nitrogen and oxygen atoms in total. The number of rotatable bonds is 3. The lowest BCUT2D eigenvalue weighted by Crippen LogP contribution is -2.11. The zero-order valence-corrected chi connectivity index (χ0v) is 12.3. The number of benzene rings is 1. The van der Waals surface area contributed by atoms with Gasteiger partial charge in [-0.2, -0.15) is 0 Å². The number of fused-ring (bicyclic) bond motifs is 1. The first-order valence-electron chi connectivity index (χ1n) is 6.46. The molecule has 2 N–H and O–H groups in total. The molecule has 108 valence electrons. The molecule has 0 spiro atoms. The molecule has 1 aromatic carbocycles. The number of H-pyrrole nitrogens is 1. The molecule has 0 aliphatic carbocycles. The average molecular weight is 304 g/mol. The van der Waals surface area contributed by atoms with E-state index in [0.717, 1.165) is 5.01 Å². The van der Waals surface area contributed by atoms with E-state index in [1.165, 1.54) is 23.5 Å². The minimum Gasteiger partial charge on any atom is -0.351 e. The normalized spacial score (nSPS) is 11.2. The van der Waals surface area contributed by atoms with Crippen molar-refractivity contribution in [1.82, 2.24) is 15.2 Å². The molecular formula is C14H13FN4OS. The second kappa shape index (κ2) is 5.25. The Labute approximate surface area is 124 Å². The van der Waals surface area contributed by atoms with E-state index in [4.69, 9.17) is 0 Å². The van der Waals surface area contributed by atoms with Crippen LogP contribution in [0.25, 0.3) is 10.9 Å².